The first-order valence-electron chi connectivity index (χ1n) is 8.48. The number of piperidine rings is 1. The molecule has 1 aliphatic heterocycles. The quantitative estimate of drug-likeness (QED) is 0.871. The Labute approximate surface area is 146 Å². The van der Waals surface area contributed by atoms with Gasteiger partial charge in [0.25, 0.3) is 5.91 Å². The van der Waals surface area contributed by atoms with E-state index in [0.29, 0.717) is 11.4 Å². The third kappa shape index (κ3) is 4.37. The zero-order chi connectivity index (χ0) is 17.6. The van der Waals surface area contributed by atoms with Gasteiger partial charge in [0.1, 0.15) is 18.1 Å². The van der Waals surface area contributed by atoms with Crippen LogP contribution >= 0.6 is 0 Å². The van der Waals surface area contributed by atoms with Crippen LogP contribution in [0.15, 0.2) is 41.3 Å². The van der Waals surface area contributed by atoms with Gasteiger partial charge in [0, 0.05) is 13.1 Å². The van der Waals surface area contributed by atoms with E-state index in [1.54, 1.807) is 25.3 Å². The number of carbonyl (C=O) groups is 2. The molecule has 0 saturated carbocycles. The van der Waals surface area contributed by atoms with Crippen LogP contribution in [0.4, 0.5) is 11.5 Å². The van der Waals surface area contributed by atoms with Crippen molar-refractivity contribution in [2.45, 2.75) is 32.2 Å². The topological polar surface area (TPSA) is 87.5 Å². The molecule has 1 fully saturated rings. The molecule has 132 valence electrons. The number of nitrogens with one attached hydrogen (secondary N) is 2. The number of amides is 2. The first kappa shape index (κ1) is 17.0. The second kappa shape index (κ2) is 7.83. The van der Waals surface area contributed by atoms with Crippen molar-refractivity contribution in [3.8, 4) is 0 Å². The Morgan fingerprint density at radius 3 is 2.64 bits per heavy atom. The van der Waals surface area contributed by atoms with Gasteiger partial charge in [0.2, 0.25) is 5.91 Å². The van der Waals surface area contributed by atoms with E-state index >= 15 is 0 Å². The molecule has 0 unspecified atom stereocenters. The Hall–Kier alpha value is -2.83. The Morgan fingerprint density at radius 2 is 2.00 bits per heavy atom. The van der Waals surface area contributed by atoms with Crippen molar-refractivity contribution in [1.82, 2.24) is 10.3 Å². The first-order chi connectivity index (χ1) is 12.1. The fourth-order valence-electron chi connectivity index (χ4n) is 2.77. The Morgan fingerprint density at radius 1 is 1.20 bits per heavy atom. The molecule has 2 aromatic heterocycles. The molecule has 7 heteroatoms. The number of pyridine rings is 1. The van der Waals surface area contributed by atoms with Gasteiger partial charge in [-0.1, -0.05) is 0 Å². The Balaban J connectivity index is 1.54. The molecule has 25 heavy (non-hydrogen) atoms. The number of nitrogens with zero attached hydrogens (tertiary/aromatic N) is 2. The highest BCUT2D eigenvalue weighted by atomic mass is 16.3. The lowest BCUT2D eigenvalue weighted by Crippen LogP contribution is -2.41. The smallest absolute Gasteiger partial charge is 0.255 e. The molecule has 1 saturated heterocycles. The van der Waals surface area contributed by atoms with E-state index in [-0.39, 0.29) is 11.8 Å². The van der Waals surface area contributed by atoms with Gasteiger partial charge in [-0.15, -0.1) is 0 Å². The maximum Gasteiger partial charge on any atom is 0.255 e. The summed E-state index contributed by atoms with van der Waals surface area (Å²) in [6, 6.07) is 4.60. The molecule has 0 aromatic carbocycles. The molecule has 3 heterocycles. The van der Waals surface area contributed by atoms with E-state index in [1.165, 1.54) is 31.8 Å². The third-order valence-corrected chi connectivity index (χ3v) is 4.24. The van der Waals surface area contributed by atoms with Crippen molar-refractivity contribution >= 4 is 23.3 Å². The zero-order valence-corrected chi connectivity index (χ0v) is 14.2. The van der Waals surface area contributed by atoms with Crippen LogP contribution in [-0.2, 0) is 4.79 Å². The summed E-state index contributed by atoms with van der Waals surface area (Å²) in [6.07, 6.45) is 8.20. The molecule has 0 aliphatic carbocycles. The van der Waals surface area contributed by atoms with Crippen molar-refractivity contribution < 1.29 is 14.0 Å². The van der Waals surface area contributed by atoms with Crippen LogP contribution in [0.1, 0.15) is 36.5 Å². The van der Waals surface area contributed by atoms with Crippen LogP contribution in [0.5, 0.6) is 0 Å². The standard InChI is InChI=1S/C18H22N4O3/c1-13(20-18(24)14-7-10-25-12-14)17(23)21-16-6-5-15(11-19-16)22-8-3-2-4-9-22/h5-7,10-13H,2-4,8-9H2,1H3,(H,20,24)(H,19,21,23)/t13-/m0/s1. The van der Waals surface area contributed by atoms with Crippen LogP contribution in [0.25, 0.3) is 0 Å². The van der Waals surface area contributed by atoms with Crippen molar-refractivity contribution in [2.75, 3.05) is 23.3 Å². The summed E-state index contributed by atoms with van der Waals surface area (Å²) >= 11 is 0. The van der Waals surface area contributed by atoms with Crippen LogP contribution in [-0.4, -0.2) is 35.9 Å². The highest BCUT2D eigenvalue weighted by molar-refractivity contribution is 6.00. The molecule has 0 bridgehead atoms. The summed E-state index contributed by atoms with van der Waals surface area (Å²) in [4.78, 5) is 30.7. The van der Waals surface area contributed by atoms with Gasteiger partial charge in [0.05, 0.1) is 23.7 Å². The van der Waals surface area contributed by atoms with Crippen molar-refractivity contribution in [3.63, 3.8) is 0 Å². The fraction of sp³-hybridized carbons (Fsp3) is 0.389. The minimum atomic E-state index is -0.689. The molecule has 2 N–H and O–H groups in total. The summed E-state index contributed by atoms with van der Waals surface area (Å²) < 4.78 is 4.86. The van der Waals surface area contributed by atoms with E-state index in [9.17, 15) is 9.59 Å². The van der Waals surface area contributed by atoms with Crippen molar-refractivity contribution in [3.05, 3.63) is 42.5 Å². The Bertz CT molecular complexity index is 706. The minimum absolute atomic E-state index is 0.324. The molecule has 0 spiro atoms. The maximum absolute atomic E-state index is 12.2. The molecule has 3 rings (SSSR count). The monoisotopic (exact) mass is 342 g/mol. The predicted molar refractivity (Wildman–Crippen MR) is 94.6 cm³/mol. The molecule has 7 nitrogen and oxygen atoms in total. The lowest BCUT2D eigenvalue weighted by Gasteiger charge is -2.28. The van der Waals surface area contributed by atoms with Crippen LogP contribution in [0.3, 0.4) is 0 Å². The van der Waals surface area contributed by atoms with Gasteiger partial charge in [-0.25, -0.2) is 4.98 Å². The zero-order valence-electron chi connectivity index (χ0n) is 14.2. The number of furan rings is 1. The summed E-state index contributed by atoms with van der Waals surface area (Å²) in [5.74, 6) is -0.213. The highest BCUT2D eigenvalue weighted by Gasteiger charge is 2.18. The van der Waals surface area contributed by atoms with E-state index < -0.39 is 6.04 Å². The van der Waals surface area contributed by atoms with Crippen LogP contribution in [0.2, 0.25) is 0 Å². The number of hydrogen-bond donors (Lipinski definition) is 2. The normalized spacial score (nSPS) is 15.5. The molecule has 1 aliphatic rings. The van der Waals surface area contributed by atoms with Crippen molar-refractivity contribution in [1.29, 1.82) is 0 Å². The largest absolute Gasteiger partial charge is 0.472 e. The van der Waals surface area contributed by atoms with Gasteiger partial charge < -0.3 is 20.0 Å². The summed E-state index contributed by atoms with van der Waals surface area (Å²) in [6.45, 7) is 3.71. The van der Waals surface area contributed by atoms with Gasteiger partial charge in [-0.05, 0) is 44.4 Å². The van der Waals surface area contributed by atoms with E-state index in [4.69, 9.17) is 4.42 Å². The summed E-state index contributed by atoms with van der Waals surface area (Å²) in [7, 11) is 0. The molecule has 0 radical (unpaired) electrons. The molecular formula is C18H22N4O3. The SMILES string of the molecule is C[C@H](NC(=O)c1ccoc1)C(=O)Nc1ccc(N2CCCCC2)cn1. The summed E-state index contributed by atoms with van der Waals surface area (Å²) in [5.41, 5.74) is 1.45. The predicted octanol–water partition coefficient (Wildman–Crippen LogP) is 2.42. The van der Waals surface area contributed by atoms with Crippen LogP contribution in [0, 0.1) is 0 Å². The second-order valence-corrected chi connectivity index (χ2v) is 6.15. The first-order valence-corrected chi connectivity index (χ1v) is 8.48. The fourth-order valence-corrected chi connectivity index (χ4v) is 2.77. The lowest BCUT2D eigenvalue weighted by molar-refractivity contribution is -0.117. The summed E-state index contributed by atoms with van der Waals surface area (Å²) in [5, 5.41) is 5.33. The maximum atomic E-state index is 12.2. The third-order valence-electron chi connectivity index (χ3n) is 4.24. The average molecular weight is 342 g/mol. The molecule has 1 atom stereocenters. The number of anilines is 2. The highest BCUT2D eigenvalue weighted by Crippen LogP contribution is 2.20. The lowest BCUT2D eigenvalue weighted by atomic mass is 10.1. The van der Waals surface area contributed by atoms with Gasteiger partial charge in [-0.3, -0.25) is 9.59 Å². The molecule has 2 amide bonds. The minimum Gasteiger partial charge on any atom is -0.472 e. The number of rotatable bonds is 5. The number of aromatic nitrogens is 1. The number of carbonyl (C=O) groups excluding carboxylic acids is 2. The van der Waals surface area contributed by atoms with Gasteiger partial charge >= 0.3 is 0 Å². The van der Waals surface area contributed by atoms with Gasteiger partial charge in [-0.2, -0.15) is 0 Å². The average Bonchev–Trinajstić information content (AvgIpc) is 3.18. The number of hydrogen-bond acceptors (Lipinski definition) is 5. The van der Waals surface area contributed by atoms with E-state index in [0.717, 1.165) is 18.8 Å². The molecule has 2 aromatic rings. The van der Waals surface area contributed by atoms with Crippen LogP contribution < -0.4 is 15.5 Å². The Kier molecular flexibility index (Phi) is 5.33. The molecular weight excluding hydrogens is 320 g/mol. The van der Waals surface area contributed by atoms with E-state index in [1.807, 2.05) is 6.07 Å². The van der Waals surface area contributed by atoms with Crippen molar-refractivity contribution in [2.24, 2.45) is 0 Å². The second-order valence-electron chi connectivity index (χ2n) is 6.15. The van der Waals surface area contributed by atoms with Gasteiger partial charge in [0.15, 0.2) is 0 Å². The van der Waals surface area contributed by atoms with E-state index in [2.05, 4.69) is 20.5 Å².